The summed E-state index contributed by atoms with van der Waals surface area (Å²) in [5, 5.41) is 10.1. The van der Waals surface area contributed by atoms with Crippen molar-refractivity contribution < 1.29 is 19.4 Å². The molecule has 0 aromatic carbocycles. The first-order valence-corrected chi connectivity index (χ1v) is 4.83. The second-order valence-corrected chi connectivity index (χ2v) is 3.67. The van der Waals surface area contributed by atoms with Crippen molar-refractivity contribution in [1.29, 1.82) is 0 Å². The number of carbonyl (C=O) groups excluding carboxylic acids is 1. The van der Waals surface area contributed by atoms with Crippen LogP contribution in [0.15, 0.2) is 0 Å². The first-order valence-electron chi connectivity index (χ1n) is 4.83. The Morgan fingerprint density at radius 1 is 1.50 bits per heavy atom. The molecule has 4 heteroatoms. The van der Waals surface area contributed by atoms with E-state index in [1.165, 1.54) is 7.11 Å². The summed E-state index contributed by atoms with van der Waals surface area (Å²) in [5.74, 6) is -0.437. The number of carbonyl (C=O) groups is 1. The van der Waals surface area contributed by atoms with Crippen LogP contribution in [0.2, 0.25) is 0 Å². The Balaban J connectivity index is 4.28. The zero-order valence-electron chi connectivity index (χ0n) is 9.37. The third-order valence-electron chi connectivity index (χ3n) is 2.22. The van der Waals surface area contributed by atoms with Crippen molar-refractivity contribution in [2.75, 3.05) is 20.3 Å². The van der Waals surface area contributed by atoms with E-state index in [0.29, 0.717) is 6.61 Å². The number of ether oxygens (including phenoxy) is 2. The second kappa shape index (κ2) is 5.98. The quantitative estimate of drug-likeness (QED) is 0.655. The van der Waals surface area contributed by atoms with Crippen LogP contribution >= 0.6 is 0 Å². The first-order chi connectivity index (χ1) is 6.46. The fourth-order valence-electron chi connectivity index (χ4n) is 1.13. The summed E-state index contributed by atoms with van der Waals surface area (Å²) in [6, 6.07) is 0. The Hall–Kier alpha value is -0.610. The van der Waals surface area contributed by atoms with Gasteiger partial charge in [-0.1, -0.05) is 13.8 Å². The standard InChI is InChI=1S/C10H20O4/c1-5-14-9(11)6-10(12,7-13-4)8(2)3/h8,12H,5-7H2,1-4H3. The minimum Gasteiger partial charge on any atom is -0.466 e. The average Bonchev–Trinajstić information content (AvgIpc) is 2.04. The summed E-state index contributed by atoms with van der Waals surface area (Å²) < 4.78 is 9.67. The molecule has 0 aliphatic rings. The third kappa shape index (κ3) is 4.07. The third-order valence-corrected chi connectivity index (χ3v) is 2.22. The van der Waals surface area contributed by atoms with Crippen LogP contribution in [-0.4, -0.2) is 37.0 Å². The molecule has 0 saturated heterocycles. The van der Waals surface area contributed by atoms with Gasteiger partial charge in [0.2, 0.25) is 0 Å². The van der Waals surface area contributed by atoms with Gasteiger partial charge in [-0.25, -0.2) is 0 Å². The van der Waals surface area contributed by atoms with Gasteiger partial charge < -0.3 is 14.6 Å². The van der Waals surface area contributed by atoms with Gasteiger partial charge >= 0.3 is 5.97 Å². The van der Waals surface area contributed by atoms with Crippen LogP contribution in [0.4, 0.5) is 0 Å². The Morgan fingerprint density at radius 3 is 2.43 bits per heavy atom. The van der Waals surface area contributed by atoms with Gasteiger partial charge in [0.1, 0.15) is 5.60 Å². The lowest BCUT2D eigenvalue weighted by molar-refractivity contribution is -0.154. The molecule has 4 nitrogen and oxygen atoms in total. The molecule has 0 saturated carbocycles. The zero-order chi connectivity index (χ0) is 11.2. The van der Waals surface area contributed by atoms with E-state index >= 15 is 0 Å². The van der Waals surface area contributed by atoms with Crippen LogP contribution in [0.25, 0.3) is 0 Å². The molecule has 0 bridgehead atoms. The lowest BCUT2D eigenvalue weighted by atomic mass is 9.88. The van der Waals surface area contributed by atoms with E-state index in [9.17, 15) is 9.90 Å². The molecule has 0 aromatic heterocycles. The molecule has 0 aliphatic heterocycles. The molecule has 1 atom stereocenters. The van der Waals surface area contributed by atoms with Crippen LogP contribution in [0.5, 0.6) is 0 Å². The number of methoxy groups -OCH3 is 1. The molecular weight excluding hydrogens is 184 g/mol. The molecule has 0 heterocycles. The van der Waals surface area contributed by atoms with Crippen LogP contribution in [-0.2, 0) is 14.3 Å². The molecule has 0 aromatic rings. The Kier molecular flexibility index (Phi) is 5.72. The van der Waals surface area contributed by atoms with E-state index in [1.54, 1.807) is 6.92 Å². The van der Waals surface area contributed by atoms with Gasteiger partial charge in [0.15, 0.2) is 0 Å². The Labute approximate surface area is 85.2 Å². The maximum Gasteiger partial charge on any atom is 0.308 e. The highest BCUT2D eigenvalue weighted by Crippen LogP contribution is 2.22. The molecule has 0 amide bonds. The fourth-order valence-corrected chi connectivity index (χ4v) is 1.13. The summed E-state index contributed by atoms with van der Waals surface area (Å²) in [7, 11) is 1.50. The highest BCUT2D eigenvalue weighted by atomic mass is 16.5. The van der Waals surface area contributed by atoms with E-state index in [2.05, 4.69) is 0 Å². The van der Waals surface area contributed by atoms with Gasteiger partial charge in [0.25, 0.3) is 0 Å². The van der Waals surface area contributed by atoms with Gasteiger partial charge in [-0.2, -0.15) is 0 Å². The van der Waals surface area contributed by atoms with Crippen molar-refractivity contribution in [3.8, 4) is 0 Å². The van der Waals surface area contributed by atoms with E-state index in [4.69, 9.17) is 9.47 Å². The summed E-state index contributed by atoms with van der Waals surface area (Å²) in [5.41, 5.74) is -1.12. The number of hydrogen-bond donors (Lipinski definition) is 1. The molecule has 0 fully saturated rings. The Morgan fingerprint density at radius 2 is 2.07 bits per heavy atom. The molecule has 1 N–H and O–H groups in total. The van der Waals surface area contributed by atoms with Crippen molar-refractivity contribution in [2.45, 2.75) is 32.8 Å². The predicted molar refractivity (Wildman–Crippen MR) is 52.9 cm³/mol. The molecule has 0 aliphatic carbocycles. The molecule has 0 spiro atoms. The molecule has 84 valence electrons. The van der Waals surface area contributed by atoms with Gasteiger partial charge in [0, 0.05) is 7.11 Å². The normalized spacial score (nSPS) is 15.3. The minimum absolute atomic E-state index is 0.0215. The molecule has 14 heavy (non-hydrogen) atoms. The predicted octanol–water partition coefficient (Wildman–Crippen LogP) is 0.973. The zero-order valence-corrected chi connectivity index (χ0v) is 9.37. The second-order valence-electron chi connectivity index (χ2n) is 3.67. The lowest BCUT2D eigenvalue weighted by Gasteiger charge is -2.30. The lowest BCUT2D eigenvalue weighted by Crippen LogP contribution is -2.42. The average molecular weight is 204 g/mol. The monoisotopic (exact) mass is 204 g/mol. The van der Waals surface area contributed by atoms with Crippen molar-refractivity contribution in [3.63, 3.8) is 0 Å². The molecular formula is C10H20O4. The smallest absolute Gasteiger partial charge is 0.308 e. The van der Waals surface area contributed by atoms with E-state index < -0.39 is 5.60 Å². The van der Waals surface area contributed by atoms with Gasteiger partial charge in [-0.05, 0) is 12.8 Å². The highest BCUT2D eigenvalue weighted by molar-refractivity contribution is 5.70. The molecule has 1 unspecified atom stereocenters. The van der Waals surface area contributed by atoms with Crippen LogP contribution in [0.3, 0.4) is 0 Å². The Bertz CT molecular complexity index is 179. The SMILES string of the molecule is CCOC(=O)CC(O)(COC)C(C)C. The van der Waals surface area contributed by atoms with E-state index in [-0.39, 0.29) is 24.9 Å². The van der Waals surface area contributed by atoms with Gasteiger partial charge in [-0.15, -0.1) is 0 Å². The van der Waals surface area contributed by atoms with Crippen molar-refractivity contribution in [3.05, 3.63) is 0 Å². The van der Waals surface area contributed by atoms with E-state index in [0.717, 1.165) is 0 Å². The summed E-state index contributed by atoms with van der Waals surface area (Å²) in [6.45, 7) is 5.91. The van der Waals surface area contributed by atoms with Crippen molar-refractivity contribution >= 4 is 5.97 Å². The maximum absolute atomic E-state index is 11.2. The van der Waals surface area contributed by atoms with Crippen molar-refractivity contribution in [2.24, 2.45) is 5.92 Å². The topological polar surface area (TPSA) is 55.8 Å². The number of aliphatic hydroxyl groups is 1. The largest absolute Gasteiger partial charge is 0.466 e. The summed E-state index contributed by atoms with van der Waals surface area (Å²) >= 11 is 0. The van der Waals surface area contributed by atoms with Crippen LogP contribution in [0, 0.1) is 5.92 Å². The maximum atomic E-state index is 11.2. The summed E-state index contributed by atoms with van der Waals surface area (Å²) in [6.07, 6.45) is -0.0215. The highest BCUT2D eigenvalue weighted by Gasteiger charge is 2.34. The number of esters is 1. The molecule has 0 rings (SSSR count). The first kappa shape index (κ1) is 13.4. The van der Waals surface area contributed by atoms with Crippen LogP contribution in [0.1, 0.15) is 27.2 Å². The number of rotatable bonds is 6. The fraction of sp³-hybridized carbons (Fsp3) is 0.900. The van der Waals surface area contributed by atoms with Crippen LogP contribution < -0.4 is 0 Å². The molecule has 0 radical (unpaired) electrons. The van der Waals surface area contributed by atoms with Crippen molar-refractivity contribution in [1.82, 2.24) is 0 Å². The van der Waals surface area contributed by atoms with Gasteiger partial charge in [0.05, 0.1) is 19.6 Å². The van der Waals surface area contributed by atoms with E-state index in [1.807, 2.05) is 13.8 Å². The number of hydrogen-bond acceptors (Lipinski definition) is 4. The summed E-state index contributed by atoms with van der Waals surface area (Å²) in [4.78, 5) is 11.2. The minimum atomic E-state index is -1.12. The van der Waals surface area contributed by atoms with Gasteiger partial charge in [-0.3, -0.25) is 4.79 Å².